The largest absolute Gasteiger partial charge is 0.281 e. The van der Waals surface area contributed by atoms with Crippen LogP contribution in [-0.4, -0.2) is 20.4 Å². The van der Waals surface area contributed by atoms with Crippen molar-refractivity contribution in [3.8, 4) is 0 Å². The van der Waals surface area contributed by atoms with Crippen molar-refractivity contribution in [1.82, 2.24) is 0 Å². The Morgan fingerprint density at radius 1 is 1.13 bits per heavy atom. The van der Waals surface area contributed by atoms with Crippen molar-refractivity contribution in [3.63, 3.8) is 0 Å². The van der Waals surface area contributed by atoms with Gasteiger partial charge >= 0.3 is 64.4 Å². The molecule has 0 saturated carbocycles. The second kappa shape index (κ2) is 15.5. The van der Waals surface area contributed by atoms with Crippen molar-refractivity contribution < 1.29 is 30.4 Å². The first kappa shape index (κ1) is 19.6. The van der Waals surface area contributed by atoms with Crippen LogP contribution in [0, 0.1) is 5.92 Å². The van der Waals surface area contributed by atoms with Gasteiger partial charge < -0.3 is 0 Å². The average molecular weight is 246 g/mol. The maximum absolute atomic E-state index is 7.50. The van der Waals surface area contributed by atoms with E-state index in [1.165, 1.54) is 10.0 Å². The molecule has 0 aromatic carbocycles. The van der Waals surface area contributed by atoms with Crippen molar-refractivity contribution in [1.29, 1.82) is 0 Å². The summed E-state index contributed by atoms with van der Waals surface area (Å²) < 4.78 is 1.36. The Morgan fingerprint density at radius 3 is 1.67 bits per heavy atom. The Labute approximate surface area is 99.4 Å². The second-order valence-corrected chi connectivity index (χ2v) is 3.33. The molecule has 1 aliphatic rings. The smallest absolute Gasteiger partial charge is 0.281 e. The Bertz CT molecular complexity index is 205. The Morgan fingerprint density at radius 2 is 1.53 bits per heavy atom. The molecule has 0 heterocycles. The minimum absolute atomic E-state index is 0.665. The minimum atomic E-state index is 0.665. The fourth-order valence-electron chi connectivity index (χ4n) is 1.00. The van der Waals surface area contributed by atoms with Crippen molar-refractivity contribution in [3.05, 3.63) is 22.2 Å². The van der Waals surface area contributed by atoms with Crippen molar-refractivity contribution in [2.24, 2.45) is 5.92 Å². The summed E-state index contributed by atoms with van der Waals surface area (Å²) in [4.78, 5) is 22.5. The van der Waals surface area contributed by atoms with E-state index in [2.05, 4.69) is 62.4 Å². The van der Waals surface area contributed by atoms with Gasteiger partial charge in [-0.1, -0.05) is 0 Å². The molecule has 4 heteroatoms. The van der Waals surface area contributed by atoms with Gasteiger partial charge in [0, 0.05) is 0 Å². The van der Waals surface area contributed by atoms with Crippen LogP contribution < -0.4 is 0 Å². The molecule has 0 N–H and O–H groups in total. The SMILES string of the molecule is CC(C)C1=[C]([Mn])CC=C1.[C]=O.[C]=O.[C]=O. The van der Waals surface area contributed by atoms with Crippen molar-refractivity contribution in [2.75, 3.05) is 0 Å². The van der Waals surface area contributed by atoms with Crippen LogP contribution in [0.4, 0.5) is 0 Å². The van der Waals surface area contributed by atoms with Crippen LogP contribution in [0.5, 0.6) is 0 Å². The van der Waals surface area contributed by atoms with Gasteiger partial charge in [0.15, 0.2) is 0 Å². The predicted octanol–water partition coefficient (Wildman–Crippen LogP) is 1.21. The van der Waals surface area contributed by atoms with Crippen LogP contribution in [0.15, 0.2) is 22.2 Å². The fourth-order valence-corrected chi connectivity index (χ4v) is 1.58. The summed E-state index contributed by atoms with van der Waals surface area (Å²) in [6, 6.07) is 0. The molecule has 0 atom stereocenters. The molecule has 0 bridgehead atoms. The Hall–Kier alpha value is -0.991. The maximum Gasteiger partial charge on any atom is 0.281 e. The van der Waals surface area contributed by atoms with Crippen LogP contribution in [0.1, 0.15) is 20.3 Å². The molecule has 6 radical (unpaired) electrons. The molecule has 0 saturated heterocycles. The van der Waals surface area contributed by atoms with Gasteiger partial charge in [-0.15, -0.1) is 0 Å². The molecule has 1 aliphatic carbocycles. The van der Waals surface area contributed by atoms with Crippen LogP contribution in [0.25, 0.3) is 0 Å². The zero-order chi connectivity index (χ0) is 12.9. The quantitative estimate of drug-likeness (QED) is 0.653. The molecule has 0 aromatic heterocycles. The summed E-state index contributed by atoms with van der Waals surface area (Å²) in [7, 11) is 0. The van der Waals surface area contributed by atoms with Crippen LogP contribution in [0.3, 0.4) is 0 Å². The second-order valence-electron chi connectivity index (χ2n) is 2.62. The molecule has 3 nitrogen and oxygen atoms in total. The average Bonchev–Trinajstić information content (AvgIpc) is 2.73. The Balaban J connectivity index is -0.000000208. The molecule has 80 valence electrons. The summed E-state index contributed by atoms with van der Waals surface area (Å²) in [6.07, 6.45) is 5.49. The standard InChI is InChI=1S/C8H11.3CO.Mn/c1-7(2)8-5-3-4-6-8;3*1-2;/h3,5,7H,4H2,1-2H3;;;;. The van der Waals surface area contributed by atoms with Gasteiger partial charge in [-0.25, -0.2) is 0 Å². The van der Waals surface area contributed by atoms with E-state index in [4.69, 9.17) is 14.4 Å². The zero-order valence-electron chi connectivity index (χ0n) is 8.54. The van der Waals surface area contributed by atoms with E-state index in [0.717, 1.165) is 6.42 Å². The fraction of sp³-hybridized carbons (Fsp3) is 0.364. The number of hydrogen-bond acceptors (Lipinski definition) is 3. The van der Waals surface area contributed by atoms with E-state index in [9.17, 15) is 0 Å². The van der Waals surface area contributed by atoms with E-state index >= 15 is 0 Å². The first-order valence-electron chi connectivity index (χ1n) is 3.88. The molecule has 1 rings (SSSR count). The van der Waals surface area contributed by atoms with Gasteiger partial charge in [0.1, 0.15) is 0 Å². The Kier molecular flexibility index (Phi) is 20.2. The number of carbonyl (C=O) groups excluding carboxylic acids is 3. The summed E-state index contributed by atoms with van der Waals surface area (Å²) in [5.41, 5.74) is 1.45. The van der Waals surface area contributed by atoms with E-state index < -0.39 is 0 Å². The van der Waals surface area contributed by atoms with Crippen LogP contribution in [-0.2, 0) is 30.4 Å². The van der Waals surface area contributed by atoms with Gasteiger partial charge in [0.2, 0.25) is 0 Å². The summed E-state index contributed by atoms with van der Waals surface area (Å²) in [5.74, 6) is 0.665. The number of rotatable bonds is 1. The van der Waals surface area contributed by atoms with E-state index in [1.54, 1.807) is 0 Å². The van der Waals surface area contributed by atoms with Gasteiger partial charge in [0.25, 0.3) is 20.4 Å². The minimum Gasteiger partial charge on any atom is -0.281 e. The molecule has 15 heavy (non-hydrogen) atoms. The predicted molar refractivity (Wildman–Crippen MR) is 52.7 cm³/mol. The summed E-state index contributed by atoms with van der Waals surface area (Å²) in [5, 5.41) is 0. The molecule has 0 aliphatic heterocycles. The maximum atomic E-state index is 7.50. The zero-order valence-corrected chi connectivity index (χ0v) is 9.72. The van der Waals surface area contributed by atoms with Crippen molar-refractivity contribution in [2.45, 2.75) is 20.3 Å². The van der Waals surface area contributed by atoms with Gasteiger partial charge in [0.05, 0.1) is 0 Å². The van der Waals surface area contributed by atoms with Crippen molar-refractivity contribution >= 4 is 20.4 Å². The molecular weight excluding hydrogens is 235 g/mol. The van der Waals surface area contributed by atoms with Gasteiger partial charge in [-0.2, -0.15) is 0 Å². The van der Waals surface area contributed by atoms with Gasteiger partial charge in [-0.3, -0.25) is 14.4 Å². The molecular formula is C11H11MnO3. The molecule has 0 fully saturated rings. The van der Waals surface area contributed by atoms with Gasteiger partial charge in [-0.05, 0) is 0 Å². The molecule has 0 spiro atoms. The monoisotopic (exact) mass is 246 g/mol. The topological polar surface area (TPSA) is 51.2 Å². The normalized spacial score (nSPS) is 11.7. The third kappa shape index (κ3) is 9.32. The molecule has 0 amide bonds. The third-order valence-corrected chi connectivity index (χ3v) is 2.11. The van der Waals surface area contributed by atoms with E-state index in [0.29, 0.717) is 5.92 Å². The summed E-state index contributed by atoms with van der Waals surface area (Å²) >= 11 is 3.52. The summed E-state index contributed by atoms with van der Waals surface area (Å²) in [6.45, 7) is 17.9. The number of allylic oxidation sites excluding steroid dienone is 4. The first-order valence-corrected chi connectivity index (χ1v) is 4.47. The molecule has 0 aromatic rings. The van der Waals surface area contributed by atoms with E-state index in [-0.39, 0.29) is 0 Å². The van der Waals surface area contributed by atoms with E-state index in [1.807, 2.05) is 0 Å². The van der Waals surface area contributed by atoms with Crippen LogP contribution >= 0.6 is 0 Å². The number of hydrogen-bond donors (Lipinski definition) is 0. The van der Waals surface area contributed by atoms with Crippen LogP contribution in [0.2, 0.25) is 0 Å². The third-order valence-electron chi connectivity index (χ3n) is 1.53. The first-order chi connectivity index (χ1) is 7.22. The molecule has 0 unspecified atom stereocenters.